The van der Waals surface area contributed by atoms with Crippen LogP contribution in [0.4, 0.5) is 0 Å². The number of benzene rings is 2. The monoisotopic (exact) mass is 1060 g/mol. The number of nitrogens with two attached hydrogens (primary N) is 2. The zero-order valence-corrected chi connectivity index (χ0v) is 43.7. The highest BCUT2D eigenvalue weighted by Crippen LogP contribution is 2.19. The van der Waals surface area contributed by atoms with E-state index < -0.39 is 127 Å². The summed E-state index contributed by atoms with van der Waals surface area (Å²) in [5, 5.41) is 55.4. The van der Waals surface area contributed by atoms with Gasteiger partial charge >= 0.3 is 11.9 Å². The molecule has 2 unspecified atom stereocenters. The Labute approximate surface area is 441 Å². The second-order valence-corrected chi connectivity index (χ2v) is 18.7. The smallest absolute Gasteiger partial charge is 0.326 e. The zero-order chi connectivity index (χ0) is 56.6. The molecule has 76 heavy (non-hydrogen) atoms. The summed E-state index contributed by atoms with van der Waals surface area (Å²) in [6.07, 6.45) is 3.72. The Morgan fingerprint density at radius 1 is 0.803 bits per heavy atom. The van der Waals surface area contributed by atoms with Gasteiger partial charge in [0.25, 0.3) is 0 Å². The molecule has 2 aromatic rings. The van der Waals surface area contributed by atoms with Crippen molar-refractivity contribution in [3.63, 3.8) is 0 Å². The number of aliphatic hydroxyl groups is 1. The van der Waals surface area contributed by atoms with Gasteiger partial charge in [-0.25, -0.2) is 9.59 Å². The number of rotatable bonds is 17. The number of guanidine groups is 1. The summed E-state index contributed by atoms with van der Waals surface area (Å²) in [4.78, 5) is 127. The van der Waals surface area contributed by atoms with Gasteiger partial charge in [-0.1, -0.05) is 80.1 Å². The minimum absolute atomic E-state index is 0.0644. The number of methoxy groups -OCH3 is 1. The fourth-order valence-electron chi connectivity index (χ4n) is 8.09. The molecule has 0 radical (unpaired) electrons. The van der Waals surface area contributed by atoms with Crippen molar-refractivity contribution < 1.29 is 68.3 Å². The molecular weight excluding hydrogens is 989 g/mol. The van der Waals surface area contributed by atoms with Gasteiger partial charge in [-0.3, -0.25) is 38.6 Å². The van der Waals surface area contributed by atoms with E-state index in [1.165, 1.54) is 51.2 Å². The maximum atomic E-state index is 14.4. The molecule has 0 saturated carbocycles. The average molecular weight is 1060 g/mol. The van der Waals surface area contributed by atoms with Crippen molar-refractivity contribution in [1.29, 1.82) is 0 Å². The summed E-state index contributed by atoms with van der Waals surface area (Å²) in [7, 11) is 2.77. The van der Waals surface area contributed by atoms with Crippen LogP contribution in [0, 0.1) is 11.8 Å². The minimum atomic E-state index is -1.94. The number of aromatic hydroxyl groups is 1. The highest BCUT2D eigenvalue weighted by atomic mass is 16.5. The van der Waals surface area contributed by atoms with Crippen molar-refractivity contribution in [1.82, 2.24) is 36.8 Å². The maximum Gasteiger partial charge on any atom is 0.326 e. The summed E-state index contributed by atoms with van der Waals surface area (Å²) < 4.78 is 5.82. The molecule has 24 heteroatoms. The average Bonchev–Trinajstić information content (AvgIpc) is 3.37. The second kappa shape index (κ2) is 31.1. The number of amides is 7. The Kier molecular flexibility index (Phi) is 25.6. The van der Waals surface area contributed by atoms with E-state index in [4.69, 9.17) is 16.2 Å². The number of hydrogen-bond donors (Lipinski definition) is 12. The largest absolute Gasteiger partial charge is 0.508 e. The van der Waals surface area contributed by atoms with Gasteiger partial charge in [-0.05, 0) is 69.2 Å². The lowest BCUT2D eigenvalue weighted by molar-refractivity contribution is -0.144. The lowest BCUT2D eigenvalue weighted by atomic mass is 9.94. The normalized spacial score (nSPS) is 24.3. The van der Waals surface area contributed by atoms with E-state index >= 15 is 0 Å². The van der Waals surface area contributed by atoms with E-state index in [0.717, 1.165) is 10.5 Å². The van der Waals surface area contributed by atoms with E-state index in [1.54, 1.807) is 20.1 Å². The van der Waals surface area contributed by atoms with E-state index in [1.807, 2.05) is 43.3 Å². The van der Waals surface area contributed by atoms with Gasteiger partial charge in [0.05, 0.1) is 31.1 Å². The van der Waals surface area contributed by atoms with Crippen molar-refractivity contribution >= 4 is 59.2 Å². The SMILES string of the molecule is CO[C@@H](Cc1ccccc1)[C@@H](C)/C=C(C)/C=C/C1NC(=O)[C@H](CCCCN=C(N)N)NC(=O)C[C@H](C(=O)O)NC(=O)[C@H](Cc2ccc(O)cc2)NC(=O)[C@@H](C)NC(=O)[C@H](CO)N(C)C(=O)CCC(C(=O)O)NC(=O)[C@H]1C. The molecule has 1 fully saturated rings. The van der Waals surface area contributed by atoms with Crippen LogP contribution >= 0.6 is 0 Å². The second-order valence-electron chi connectivity index (χ2n) is 18.7. The number of carboxylic acids is 2. The van der Waals surface area contributed by atoms with E-state index in [-0.39, 0.29) is 49.5 Å². The number of nitrogens with zero attached hydrogens (tertiary/aromatic N) is 2. The number of unbranched alkanes of at least 4 members (excludes halogenated alkanes) is 1. The third-order valence-corrected chi connectivity index (χ3v) is 12.7. The molecule has 14 N–H and O–H groups in total. The standard InChI is InChI=1S/C52H74N10O14/c1-29(24-30(2)42(76-6)26-33-12-8-7-9-13-33)15-20-36-31(3)45(67)59-38(50(72)73)21-22-44(66)62(5)41(28-63)49(71)56-32(4)46(68)60-39(25-34-16-18-35(64)19-17-34)48(70)61-40(51(74)75)27-43(65)57-37(47(69)58-36)14-10-11-23-55-52(53)54/h7-9,12-13,15-20,24,30-32,36-42,63-64H,10-11,14,21-23,25-28H2,1-6H3,(H,56,71)(H,57,65)(H,58,69)(H,59,67)(H,60,68)(H,61,70)(H,72,73)(H,74,75)(H4,53,54,55)/b20-15+,29-24+/t30-,31-,32+,36?,37-,38?,39-,40+,41-,42-/m0/s1. The summed E-state index contributed by atoms with van der Waals surface area (Å²) in [6, 6.07) is 4.41. The molecule has 416 valence electrons. The molecule has 0 bridgehead atoms. The maximum absolute atomic E-state index is 14.4. The Morgan fingerprint density at radius 2 is 1.43 bits per heavy atom. The number of hydrogen-bond acceptors (Lipinski definition) is 13. The van der Waals surface area contributed by atoms with Crippen molar-refractivity contribution in [3.05, 3.63) is 89.5 Å². The molecule has 3 rings (SSSR count). The number of carboxylic acid groups (broad SMARTS) is 2. The molecular formula is C52H74N10O14. The summed E-state index contributed by atoms with van der Waals surface area (Å²) in [5.74, 6) is -11.4. The van der Waals surface area contributed by atoms with E-state index in [2.05, 4.69) is 36.9 Å². The molecule has 0 spiro atoms. The molecule has 1 heterocycles. The number of likely N-dealkylation sites (N-methyl/N-ethyl adjacent to an activating group) is 1. The molecule has 1 aliphatic heterocycles. The minimum Gasteiger partial charge on any atom is -0.508 e. The number of aliphatic carboxylic acids is 2. The van der Waals surface area contributed by atoms with Crippen LogP contribution in [0.25, 0.3) is 0 Å². The number of phenols is 1. The molecule has 0 aromatic heterocycles. The summed E-state index contributed by atoms with van der Waals surface area (Å²) in [5.41, 5.74) is 13.1. The third-order valence-electron chi connectivity index (χ3n) is 12.7. The molecule has 24 nitrogen and oxygen atoms in total. The van der Waals surface area contributed by atoms with Crippen LogP contribution in [0.15, 0.2) is 83.4 Å². The summed E-state index contributed by atoms with van der Waals surface area (Å²) in [6.45, 7) is 5.61. The number of carbonyl (C=O) groups excluding carboxylic acids is 7. The first-order valence-electron chi connectivity index (χ1n) is 24.8. The van der Waals surface area contributed by atoms with Gasteiger partial charge in [0, 0.05) is 39.5 Å². The Hall–Kier alpha value is -7.86. The number of allylic oxidation sites excluding steroid dienone is 2. The van der Waals surface area contributed by atoms with Crippen LogP contribution in [-0.2, 0) is 60.7 Å². The highest BCUT2D eigenvalue weighted by Gasteiger charge is 2.35. The van der Waals surface area contributed by atoms with E-state index in [0.29, 0.717) is 24.0 Å². The first kappa shape index (κ1) is 62.4. The number of aliphatic imine (C=N–C) groups is 1. The number of carbonyl (C=O) groups is 9. The van der Waals surface area contributed by atoms with Gasteiger partial charge in [0.1, 0.15) is 42.0 Å². The number of ether oxygens (including phenoxy) is 1. The van der Waals surface area contributed by atoms with Crippen LogP contribution in [0.2, 0.25) is 0 Å². The zero-order valence-electron chi connectivity index (χ0n) is 43.7. The van der Waals surface area contributed by atoms with E-state index in [9.17, 15) is 63.6 Å². The van der Waals surface area contributed by atoms with Gasteiger partial charge in [0.15, 0.2) is 5.96 Å². The topological polar surface area (TPSA) is 384 Å². The molecule has 7 amide bonds. The lowest BCUT2D eigenvalue weighted by Gasteiger charge is -2.28. The Bertz CT molecular complexity index is 2410. The molecule has 1 saturated heterocycles. The lowest BCUT2D eigenvalue weighted by Crippen LogP contribution is -2.58. The predicted octanol–water partition coefficient (Wildman–Crippen LogP) is -0.488. The van der Waals surface area contributed by atoms with Gasteiger partial charge in [0.2, 0.25) is 41.4 Å². The number of nitrogens with one attached hydrogen (secondary N) is 6. The van der Waals surface area contributed by atoms with Crippen LogP contribution < -0.4 is 43.4 Å². The van der Waals surface area contributed by atoms with Crippen LogP contribution in [0.1, 0.15) is 77.3 Å². The Balaban J connectivity index is 2.13. The van der Waals surface area contributed by atoms with Crippen LogP contribution in [0.5, 0.6) is 5.75 Å². The molecule has 10 atom stereocenters. The number of aliphatic hydroxyl groups excluding tert-OH is 1. The predicted molar refractivity (Wildman–Crippen MR) is 279 cm³/mol. The summed E-state index contributed by atoms with van der Waals surface area (Å²) >= 11 is 0. The first-order chi connectivity index (χ1) is 35.9. The van der Waals surface area contributed by atoms with Crippen molar-refractivity contribution in [2.24, 2.45) is 28.3 Å². The van der Waals surface area contributed by atoms with Gasteiger partial charge in [-0.2, -0.15) is 0 Å². The fraction of sp³-hybridized carbons (Fsp3) is 0.500. The fourth-order valence-corrected chi connectivity index (χ4v) is 8.09. The Morgan fingerprint density at radius 3 is 2.04 bits per heavy atom. The first-order valence-corrected chi connectivity index (χ1v) is 24.8. The van der Waals surface area contributed by atoms with Gasteiger partial charge < -0.3 is 73.4 Å². The number of phenolic OH excluding ortho intramolecular Hbond substituents is 1. The quantitative estimate of drug-likeness (QED) is 0.0412. The van der Waals surface area contributed by atoms with Gasteiger partial charge in [-0.15, -0.1) is 0 Å². The third kappa shape index (κ3) is 20.8. The van der Waals surface area contributed by atoms with Crippen molar-refractivity contribution in [2.45, 2.75) is 127 Å². The highest BCUT2D eigenvalue weighted by molar-refractivity contribution is 5.96. The van der Waals surface area contributed by atoms with Crippen molar-refractivity contribution in [3.8, 4) is 5.75 Å². The van der Waals surface area contributed by atoms with Crippen molar-refractivity contribution in [2.75, 3.05) is 27.3 Å². The molecule has 0 aliphatic carbocycles. The van der Waals surface area contributed by atoms with Crippen LogP contribution in [0.3, 0.4) is 0 Å². The molecule has 1 aliphatic rings. The molecule has 2 aromatic carbocycles. The van der Waals surface area contributed by atoms with Crippen LogP contribution in [-0.4, -0.2) is 160 Å².